The predicted octanol–water partition coefficient (Wildman–Crippen LogP) is 1.91. The van der Waals surface area contributed by atoms with Crippen molar-refractivity contribution in [2.75, 3.05) is 0 Å². The van der Waals surface area contributed by atoms with Gasteiger partial charge in [-0.05, 0) is 24.4 Å². The van der Waals surface area contributed by atoms with E-state index in [1.807, 2.05) is 0 Å². The first kappa shape index (κ1) is 16.7. The summed E-state index contributed by atoms with van der Waals surface area (Å²) in [7, 11) is -4.27. The predicted molar refractivity (Wildman–Crippen MR) is 77.4 cm³/mol. The third-order valence-electron chi connectivity index (χ3n) is 3.78. The Hall–Kier alpha value is -2.65. The number of nitro groups is 1. The number of azide groups is 1. The van der Waals surface area contributed by atoms with Gasteiger partial charge in [-0.3, -0.25) is 14.9 Å². The molecule has 0 saturated heterocycles. The first-order chi connectivity index (χ1) is 10.8. The molecule has 0 radical (unpaired) electrons. The Bertz CT molecular complexity index is 802. The number of nitro benzene ring substituents is 1. The lowest BCUT2D eigenvalue weighted by Crippen LogP contribution is -2.31. The van der Waals surface area contributed by atoms with Crippen molar-refractivity contribution >= 4 is 21.5 Å². The maximum Gasteiger partial charge on any atom is 0.307 e. The molecule has 1 aliphatic carbocycles. The monoisotopic (exact) mass is 340 g/mol. The number of hydrogen-bond donors (Lipinski definition) is 1. The molecule has 2 rings (SSSR count). The van der Waals surface area contributed by atoms with Gasteiger partial charge in [0.15, 0.2) is 9.84 Å². The van der Waals surface area contributed by atoms with Gasteiger partial charge in [0.2, 0.25) is 0 Å². The van der Waals surface area contributed by atoms with E-state index in [0.717, 1.165) is 12.1 Å². The number of hydrogen-bond acceptors (Lipinski definition) is 6. The number of nitrogens with zero attached hydrogens (tertiary/aromatic N) is 4. The Morgan fingerprint density at radius 2 is 2.04 bits per heavy atom. The lowest BCUT2D eigenvalue weighted by atomic mass is 10.1. The van der Waals surface area contributed by atoms with Crippen LogP contribution in [0.4, 0.5) is 5.69 Å². The number of aliphatic carboxylic acids is 1. The van der Waals surface area contributed by atoms with Crippen molar-refractivity contribution in [3.8, 4) is 0 Å². The van der Waals surface area contributed by atoms with E-state index >= 15 is 0 Å². The van der Waals surface area contributed by atoms with Gasteiger partial charge < -0.3 is 5.11 Å². The average Bonchev–Trinajstić information content (AvgIpc) is 2.92. The van der Waals surface area contributed by atoms with Crippen molar-refractivity contribution in [1.29, 1.82) is 0 Å². The van der Waals surface area contributed by atoms with Crippen LogP contribution in [0.2, 0.25) is 0 Å². The number of carbonyl (C=O) groups is 1. The summed E-state index contributed by atoms with van der Waals surface area (Å²) in [6.07, 6.45) is -0.306. The Morgan fingerprint density at radius 3 is 2.61 bits per heavy atom. The minimum absolute atomic E-state index is 0.121. The van der Waals surface area contributed by atoms with Crippen LogP contribution in [-0.4, -0.2) is 35.7 Å². The SMILES string of the molecule is [N-]=[N+]=N[C@@H]1CC(S(=O)(=O)c2ccccc2[N+](=O)[O-])[C@H](C(=O)O)C1. The molecule has 0 aromatic heterocycles. The topological polar surface area (TPSA) is 163 Å². The molecule has 1 N–H and O–H groups in total. The summed E-state index contributed by atoms with van der Waals surface area (Å²) in [6, 6.07) is 4.00. The molecule has 11 heteroatoms. The van der Waals surface area contributed by atoms with Crippen LogP contribution in [0.15, 0.2) is 34.3 Å². The summed E-state index contributed by atoms with van der Waals surface area (Å²) < 4.78 is 25.4. The molecule has 0 heterocycles. The molecule has 122 valence electrons. The van der Waals surface area contributed by atoms with E-state index < -0.39 is 48.5 Å². The summed E-state index contributed by atoms with van der Waals surface area (Å²) in [5, 5.41) is 22.3. The minimum Gasteiger partial charge on any atom is -0.481 e. The van der Waals surface area contributed by atoms with Crippen LogP contribution < -0.4 is 0 Å². The summed E-state index contributed by atoms with van der Waals surface area (Å²) in [4.78, 5) is 23.6. The lowest BCUT2D eigenvalue weighted by Gasteiger charge is -2.16. The van der Waals surface area contributed by atoms with Crippen molar-refractivity contribution in [1.82, 2.24) is 0 Å². The number of para-hydroxylation sites is 1. The zero-order valence-corrected chi connectivity index (χ0v) is 12.5. The molecule has 3 atom stereocenters. The van der Waals surface area contributed by atoms with E-state index in [0.29, 0.717) is 0 Å². The Balaban J connectivity index is 2.52. The number of carboxylic acid groups (broad SMARTS) is 1. The fourth-order valence-electron chi connectivity index (χ4n) is 2.76. The van der Waals surface area contributed by atoms with Crippen molar-refractivity contribution in [3.05, 3.63) is 44.8 Å². The van der Waals surface area contributed by atoms with Crippen molar-refractivity contribution in [3.63, 3.8) is 0 Å². The summed E-state index contributed by atoms with van der Waals surface area (Å²) in [6.45, 7) is 0. The van der Waals surface area contributed by atoms with Gasteiger partial charge in [0.05, 0.1) is 16.1 Å². The smallest absolute Gasteiger partial charge is 0.307 e. The molecule has 1 fully saturated rings. The number of rotatable bonds is 5. The second-order valence-corrected chi connectivity index (χ2v) is 7.22. The fourth-order valence-corrected chi connectivity index (χ4v) is 4.92. The minimum atomic E-state index is -4.27. The van der Waals surface area contributed by atoms with Crippen LogP contribution in [0.3, 0.4) is 0 Å². The molecule has 0 bridgehead atoms. The second-order valence-electron chi connectivity index (χ2n) is 5.08. The zero-order chi connectivity index (χ0) is 17.2. The molecule has 0 spiro atoms. The first-order valence-electron chi connectivity index (χ1n) is 6.53. The maximum absolute atomic E-state index is 12.7. The molecule has 0 aliphatic heterocycles. The Kier molecular flexibility index (Phi) is 4.52. The molecule has 1 aromatic rings. The summed E-state index contributed by atoms with van der Waals surface area (Å²) in [5.74, 6) is -2.62. The van der Waals surface area contributed by atoms with Gasteiger partial charge in [-0.15, -0.1) is 0 Å². The van der Waals surface area contributed by atoms with Crippen LogP contribution in [-0.2, 0) is 14.6 Å². The van der Waals surface area contributed by atoms with E-state index in [1.165, 1.54) is 12.1 Å². The third-order valence-corrected chi connectivity index (χ3v) is 6.05. The van der Waals surface area contributed by atoms with Crippen LogP contribution in [0.25, 0.3) is 10.4 Å². The largest absolute Gasteiger partial charge is 0.481 e. The molecule has 10 nitrogen and oxygen atoms in total. The number of carboxylic acids is 1. The Morgan fingerprint density at radius 1 is 1.39 bits per heavy atom. The highest BCUT2D eigenvalue weighted by atomic mass is 32.2. The lowest BCUT2D eigenvalue weighted by molar-refractivity contribution is -0.387. The summed E-state index contributed by atoms with van der Waals surface area (Å²) in [5.41, 5.74) is 7.84. The van der Waals surface area contributed by atoms with Gasteiger partial charge in [-0.2, -0.15) is 0 Å². The van der Waals surface area contributed by atoms with Crippen LogP contribution in [0.5, 0.6) is 0 Å². The van der Waals surface area contributed by atoms with Gasteiger partial charge in [0.1, 0.15) is 4.90 Å². The third kappa shape index (κ3) is 3.10. The molecule has 1 aromatic carbocycles. The number of benzene rings is 1. The van der Waals surface area contributed by atoms with Crippen molar-refractivity contribution in [2.24, 2.45) is 11.0 Å². The first-order valence-corrected chi connectivity index (χ1v) is 8.08. The van der Waals surface area contributed by atoms with Gasteiger partial charge in [-0.1, -0.05) is 17.2 Å². The highest BCUT2D eigenvalue weighted by Gasteiger charge is 2.47. The van der Waals surface area contributed by atoms with Gasteiger partial charge >= 0.3 is 5.97 Å². The van der Waals surface area contributed by atoms with Crippen molar-refractivity contribution < 1.29 is 23.2 Å². The van der Waals surface area contributed by atoms with Crippen LogP contribution >= 0.6 is 0 Å². The van der Waals surface area contributed by atoms with E-state index in [1.54, 1.807) is 0 Å². The van der Waals surface area contributed by atoms with Gasteiger partial charge in [0, 0.05) is 17.0 Å². The quantitative estimate of drug-likeness (QED) is 0.283. The fraction of sp³-hybridized carbons (Fsp3) is 0.417. The number of sulfone groups is 1. The molecule has 1 saturated carbocycles. The van der Waals surface area contributed by atoms with Gasteiger partial charge in [-0.25, -0.2) is 8.42 Å². The normalized spacial score (nSPS) is 23.9. The van der Waals surface area contributed by atoms with Gasteiger partial charge in [0.25, 0.3) is 5.69 Å². The highest BCUT2D eigenvalue weighted by molar-refractivity contribution is 7.92. The van der Waals surface area contributed by atoms with Crippen LogP contribution in [0.1, 0.15) is 12.8 Å². The van der Waals surface area contributed by atoms with Crippen LogP contribution in [0, 0.1) is 16.0 Å². The maximum atomic E-state index is 12.7. The standard InChI is InChI=1S/C12H12N4O6S/c13-15-14-7-5-8(12(17)18)11(6-7)23(21,22)10-4-2-1-3-9(10)16(19)20/h1-4,7-8,11H,5-6H2,(H,17,18)/t7-,8+,11?/m0/s1. The van der Waals surface area contributed by atoms with E-state index in [-0.39, 0.29) is 12.8 Å². The molecular formula is C12H12N4O6S. The molecule has 0 amide bonds. The van der Waals surface area contributed by atoms with Crippen molar-refractivity contribution in [2.45, 2.75) is 29.0 Å². The zero-order valence-electron chi connectivity index (χ0n) is 11.6. The highest BCUT2D eigenvalue weighted by Crippen LogP contribution is 2.39. The van der Waals surface area contributed by atoms with E-state index in [4.69, 9.17) is 5.53 Å². The summed E-state index contributed by atoms with van der Waals surface area (Å²) >= 11 is 0. The molecular weight excluding hydrogens is 328 g/mol. The molecule has 1 aliphatic rings. The van der Waals surface area contributed by atoms with E-state index in [9.17, 15) is 28.4 Å². The molecule has 1 unspecified atom stereocenters. The van der Waals surface area contributed by atoms with E-state index in [2.05, 4.69) is 10.0 Å². The molecule has 23 heavy (non-hydrogen) atoms. The average molecular weight is 340 g/mol. The Labute approximate surface area is 130 Å². The second kappa shape index (κ2) is 6.23.